The van der Waals surface area contributed by atoms with Gasteiger partial charge in [0.2, 0.25) is 15.9 Å². The second kappa shape index (κ2) is 9.06. The molecule has 0 aliphatic carbocycles. The van der Waals surface area contributed by atoms with Gasteiger partial charge in [0.1, 0.15) is 11.8 Å². The number of halogens is 1. The monoisotopic (exact) mass is 463 g/mol. The van der Waals surface area contributed by atoms with Gasteiger partial charge in [-0.25, -0.2) is 8.42 Å². The molecule has 166 valence electrons. The SMILES string of the molecule is COc1ccccc1N1CCN(C(=O)[C@@H]2CCCN2S(=O)(=O)c2ccc(Cl)cc2)CC1. The van der Waals surface area contributed by atoms with Gasteiger partial charge in [-0.2, -0.15) is 4.31 Å². The fourth-order valence-electron chi connectivity index (χ4n) is 4.29. The van der Waals surface area contributed by atoms with Gasteiger partial charge in [0, 0.05) is 37.7 Å². The first-order valence-electron chi connectivity index (χ1n) is 10.4. The lowest BCUT2D eigenvalue weighted by Crippen LogP contribution is -2.54. The number of anilines is 1. The summed E-state index contributed by atoms with van der Waals surface area (Å²) >= 11 is 5.90. The van der Waals surface area contributed by atoms with E-state index in [4.69, 9.17) is 16.3 Å². The molecule has 2 aliphatic rings. The first kappa shape index (κ1) is 21.9. The van der Waals surface area contributed by atoms with Gasteiger partial charge in [0.15, 0.2) is 0 Å². The average molecular weight is 464 g/mol. The number of para-hydroxylation sites is 2. The van der Waals surface area contributed by atoms with Gasteiger partial charge in [-0.05, 0) is 49.2 Å². The highest BCUT2D eigenvalue weighted by molar-refractivity contribution is 7.89. The van der Waals surface area contributed by atoms with Crippen LogP contribution in [0, 0.1) is 0 Å². The maximum absolute atomic E-state index is 13.3. The van der Waals surface area contributed by atoms with Crippen LogP contribution in [0.25, 0.3) is 0 Å². The standard InChI is InChI=1S/C22H26ClN3O4S/c1-30-21-7-3-2-5-19(21)24-13-15-25(16-14-24)22(27)20-6-4-12-26(20)31(28,29)18-10-8-17(23)9-11-18/h2-3,5,7-11,20H,4,6,12-16H2,1H3/t20-/m0/s1. The summed E-state index contributed by atoms with van der Waals surface area (Å²) in [5.41, 5.74) is 1.00. The number of amides is 1. The van der Waals surface area contributed by atoms with E-state index >= 15 is 0 Å². The van der Waals surface area contributed by atoms with Crippen LogP contribution in [0.15, 0.2) is 53.4 Å². The minimum Gasteiger partial charge on any atom is -0.495 e. The Bertz CT molecular complexity index is 1040. The first-order valence-corrected chi connectivity index (χ1v) is 12.2. The van der Waals surface area contributed by atoms with E-state index in [1.54, 1.807) is 24.1 Å². The highest BCUT2D eigenvalue weighted by atomic mass is 35.5. The zero-order chi connectivity index (χ0) is 22.0. The summed E-state index contributed by atoms with van der Waals surface area (Å²) in [4.78, 5) is 17.4. The van der Waals surface area contributed by atoms with E-state index in [0.29, 0.717) is 50.6 Å². The van der Waals surface area contributed by atoms with Crippen LogP contribution in [0.5, 0.6) is 5.75 Å². The fraction of sp³-hybridized carbons (Fsp3) is 0.409. The fourth-order valence-corrected chi connectivity index (χ4v) is 6.06. The van der Waals surface area contributed by atoms with Crippen molar-refractivity contribution in [2.45, 2.75) is 23.8 Å². The number of piperazine rings is 1. The number of methoxy groups -OCH3 is 1. The Balaban J connectivity index is 1.45. The molecule has 0 aromatic heterocycles. The minimum atomic E-state index is -3.75. The van der Waals surface area contributed by atoms with Crippen molar-refractivity contribution >= 4 is 33.2 Å². The molecule has 0 bridgehead atoms. The molecule has 2 aromatic carbocycles. The van der Waals surface area contributed by atoms with Gasteiger partial charge in [-0.3, -0.25) is 4.79 Å². The van der Waals surface area contributed by atoms with E-state index < -0.39 is 16.1 Å². The molecule has 0 saturated carbocycles. The third kappa shape index (κ3) is 4.37. The average Bonchev–Trinajstić information content (AvgIpc) is 3.30. The van der Waals surface area contributed by atoms with Crippen molar-refractivity contribution in [3.8, 4) is 5.75 Å². The second-order valence-corrected chi connectivity index (χ2v) is 10.0. The van der Waals surface area contributed by atoms with Crippen LogP contribution >= 0.6 is 11.6 Å². The summed E-state index contributed by atoms with van der Waals surface area (Å²) in [6.07, 6.45) is 1.21. The Morgan fingerprint density at radius 2 is 1.68 bits per heavy atom. The Morgan fingerprint density at radius 3 is 2.35 bits per heavy atom. The molecule has 4 rings (SSSR count). The topological polar surface area (TPSA) is 70.2 Å². The molecular weight excluding hydrogens is 438 g/mol. The third-order valence-corrected chi connectivity index (χ3v) is 8.10. The van der Waals surface area contributed by atoms with Gasteiger partial charge in [-0.15, -0.1) is 0 Å². The largest absolute Gasteiger partial charge is 0.495 e. The number of benzene rings is 2. The highest BCUT2D eigenvalue weighted by Gasteiger charge is 2.41. The lowest BCUT2D eigenvalue weighted by molar-refractivity contribution is -0.134. The molecule has 2 fully saturated rings. The summed E-state index contributed by atoms with van der Waals surface area (Å²) in [6.45, 7) is 2.78. The van der Waals surface area contributed by atoms with Crippen LogP contribution in [-0.2, 0) is 14.8 Å². The van der Waals surface area contributed by atoms with Gasteiger partial charge in [-0.1, -0.05) is 23.7 Å². The Morgan fingerprint density at radius 1 is 1.00 bits per heavy atom. The summed E-state index contributed by atoms with van der Waals surface area (Å²) < 4.78 is 33.1. The van der Waals surface area contributed by atoms with Crippen molar-refractivity contribution in [2.75, 3.05) is 44.7 Å². The zero-order valence-corrected chi connectivity index (χ0v) is 19.0. The van der Waals surface area contributed by atoms with Crippen LogP contribution in [0.1, 0.15) is 12.8 Å². The smallest absolute Gasteiger partial charge is 0.243 e. The number of nitrogens with zero attached hydrogens (tertiary/aromatic N) is 3. The van der Waals surface area contributed by atoms with E-state index in [-0.39, 0.29) is 10.8 Å². The molecule has 2 aromatic rings. The van der Waals surface area contributed by atoms with E-state index in [1.165, 1.54) is 16.4 Å². The van der Waals surface area contributed by atoms with Gasteiger partial charge >= 0.3 is 0 Å². The lowest BCUT2D eigenvalue weighted by Gasteiger charge is -2.38. The van der Waals surface area contributed by atoms with Crippen LogP contribution in [-0.4, -0.2) is 69.4 Å². The summed E-state index contributed by atoms with van der Waals surface area (Å²) in [7, 11) is -2.10. The molecule has 2 aliphatic heterocycles. The molecule has 1 amide bonds. The normalized spacial score (nSPS) is 20.1. The Hall–Kier alpha value is -2.29. The minimum absolute atomic E-state index is 0.116. The van der Waals surface area contributed by atoms with Crippen LogP contribution in [0.2, 0.25) is 5.02 Å². The molecular formula is C22H26ClN3O4S. The van der Waals surface area contributed by atoms with Gasteiger partial charge < -0.3 is 14.5 Å². The zero-order valence-electron chi connectivity index (χ0n) is 17.4. The van der Waals surface area contributed by atoms with Gasteiger partial charge in [0.05, 0.1) is 17.7 Å². The van der Waals surface area contributed by atoms with E-state index in [1.807, 2.05) is 24.3 Å². The van der Waals surface area contributed by atoms with E-state index in [0.717, 1.165) is 11.4 Å². The number of sulfonamides is 1. The predicted molar refractivity (Wildman–Crippen MR) is 120 cm³/mol. The molecule has 2 heterocycles. The number of hydrogen-bond acceptors (Lipinski definition) is 5. The van der Waals surface area contributed by atoms with Crippen molar-refractivity contribution in [1.82, 2.24) is 9.21 Å². The van der Waals surface area contributed by atoms with Crippen molar-refractivity contribution in [2.24, 2.45) is 0 Å². The van der Waals surface area contributed by atoms with E-state index in [9.17, 15) is 13.2 Å². The quantitative estimate of drug-likeness (QED) is 0.682. The maximum Gasteiger partial charge on any atom is 0.243 e. The highest BCUT2D eigenvalue weighted by Crippen LogP contribution is 2.30. The molecule has 0 radical (unpaired) electrons. The molecule has 9 heteroatoms. The van der Waals surface area contributed by atoms with E-state index in [2.05, 4.69) is 4.90 Å². The Kier molecular flexibility index (Phi) is 6.41. The van der Waals surface area contributed by atoms with Crippen LogP contribution in [0.3, 0.4) is 0 Å². The van der Waals surface area contributed by atoms with Crippen LogP contribution < -0.4 is 9.64 Å². The molecule has 1 atom stereocenters. The number of carbonyl (C=O) groups is 1. The number of hydrogen-bond donors (Lipinski definition) is 0. The molecule has 0 spiro atoms. The first-order chi connectivity index (χ1) is 14.9. The molecule has 7 nitrogen and oxygen atoms in total. The Labute approximate surface area is 188 Å². The number of rotatable bonds is 5. The van der Waals surface area contributed by atoms with Crippen LogP contribution in [0.4, 0.5) is 5.69 Å². The summed E-state index contributed by atoms with van der Waals surface area (Å²) in [6, 6.07) is 13.3. The van der Waals surface area contributed by atoms with Crippen molar-refractivity contribution in [1.29, 1.82) is 0 Å². The molecule has 2 saturated heterocycles. The summed E-state index contributed by atoms with van der Waals surface area (Å²) in [5.74, 6) is 0.688. The molecule has 0 unspecified atom stereocenters. The number of carbonyl (C=O) groups excluding carboxylic acids is 1. The molecule has 31 heavy (non-hydrogen) atoms. The van der Waals surface area contributed by atoms with Crippen molar-refractivity contribution < 1.29 is 17.9 Å². The second-order valence-electron chi connectivity index (χ2n) is 7.71. The maximum atomic E-state index is 13.3. The van der Waals surface area contributed by atoms with Crippen molar-refractivity contribution in [3.63, 3.8) is 0 Å². The predicted octanol–water partition coefficient (Wildman–Crippen LogP) is 2.85. The van der Waals surface area contributed by atoms with Gasteiger partial charge in [0.25, 0.3) is 0 Å². The molecule has 0 N–H and O–H groups in total. The number of ether oxygens (including phenoxy) is 1. The lowest BCUT2D eigenvalue weighted by atomic mass is 10.1. The summed E-state index contributed by atoms with van der Waals surface area (Å²) in [5, 5.41) is 0.473. The third-order valence-electron chi connectivity index (χ3n) is 5.93. The van der Waals surface area contributed by atoms with Crippen molar-refractivity contribution in [3.05, 3.63) is 53.6 Å².